The van der Waals surface area contributed by atoms with Gasteiger partial charge in [0.05, 0.1) is 0 Å². The Bertz CT molecular complexity index is 977. The number of nitrogens with one attached hydrogen (secondary N) is 1. The van der Waals surface area contributed by atoms with Crippen LogP contribution in [-0.2, 0) is 11.2 Å². The molecule has 2 heterocycles. The Balaban J connectivity index is 1.31. The molecule has 0 atom stereocenters. The van der Waals surface area contributed by atoms with Gasteiger partial charge < -0.3 is 14.7 Å². The maximum Gasteiger partial charge on any atom is 0.227 e. The Morgan fingerprint density at radius 1 is 1.13 bits per heavy atom. The van der Waals surface area contributed by atoms with Crippen LogP contribution in [0.3, 0.4) is 0 Å². The van der Waals surface area contributed by atoms with E-state index in [9.17, 15) is 4.79 Å². The highest BCUT2D eigenvalue weighted by molar-refractivity contribution is 6.30. The Morgan fingerprint density at radius 2 is 1.83 bits per heavy atom. The van der Waals surface area contributed by atoms with E-state index in [0.717, 1.165) is 24.6 Å². The van der Waals surface area contributed by atoms with Crippen molar-refractivity contribution in [2.45, 2.75) is 32.6 Å². The van der Waals surface area contributed by atoms with Gasteiger partial charge in [0.1, 0.15) is 0 Å². The number of nitrogens with zero attached hydrogens (tertiary/aromatic N) is 3. The highest BCUT2D eigenvalue weighted by atomic mass is 35.5. The number of benzene rings is 2. The van der Waals surface area contributed by atoms with Crippen molar-refractivity contribution in [2.24, 2.45) is 5.92 Å². The molecule has 0 spiro atoms. The van der Waals surface area contributed by atoms with Crippen LogP contribution in [0.5, 0.6) is 0 Å². The lowest BCUT2D eigenvalue weighted by Crippen LogP contribution is -2.32. The minimum atomic E-state index is -0.114. The number of amides is 1. The summed E-state index contributed by atoms with van der Waals surface area (Å²) in [5.41, 5.74) is 2.84. The molecule has 0 saturated carbocycles. The fraction of sp³-hybridized carbons (Fsp3) is 0.348. The summed E-state index contributed by atoms with van der Waals surface area (Å²) in [6, 6.07) is 15.3. The van der Waals surface area contributed by atoms with Crippen molar-refractivity contribution in [2.75, 3.05) is 23.3 Å². The predicted molar refractivity (Wildman–Crippen MR) is 119 cm³/mol. The Labute approximate surface area is 181 Å². The summed E-state index contributed by atoms with van der Waals surface area (Å²) in [6.45, 7) is 4.52. The average molecular weight is 425 g/mol. The summed E-state index contributed by atoms with van der Waals surface area (Å²) in [5.74, 6) is 1.69. The quantitative estimate of drug-likeness (QED) is 0.589. The number of hydrogen-bond donors (Lipinski definition) is 1. The minimum Gasteiger partial charge on any atom is -0.372 e. The zero-order chi connectivity index (χ0) is 20.9. The summed E-state index contributed by atoms with van der Waals surface area (Å²) < 4.78 is 5.32. The van der Waals surface area contributed by atoms with Gasteiger partial charge in [-0.3, -0.25) is 4.79 Å². The zero-order valence-corrected chi connectivity index (χ0v) is 17.7. The summed E-state index contributed by atoms with van der Waals surface area (Å²) in [4.78, 5) is 19.0. The highest BCUT2D eigenvalue weighted by Gasteiger charge is 2.16. The van der Waals surface area contributed by atoms with Gasteiger partial charge in [-0.1, -0.05) is 23.7 Å². The van der Waals surface area contributed by atoms with Crippen molar-refractivity contribution in [1.82, 2.24) is 10.1 Å². The highest BCUT2D eigenvalue weighted by Crippen LogP contribution is 2.25. The molecule has 0 aliphatic carbocycles. The molecule has 30 heavy (non-hydrogen) atoms. The van der Waals surface area contributed by atoms with Crippen molar-refractivity contribution in [3.63, 3.8) is 0 Å². The van der Waals surface area contributed by atoms with Crippen molar-refractivity contribution < 1.29 is 9.32 Å². The van der Waals surface area contributed by atoms with Gasteiger partial charge in [0.25, 0.3) is 0 Å². The fourth-order valence-corrected chi connectivity index (χ4v) is 3.66. The maximum absolute atomic E-state index is 12.1. The van der Waals surface area contributed by atoms with E-state index < -0.39 is 0 Å². The number of aryl methyl sites for hydroxylation is 1. The number of aromatic nitrogens is 2. The van der Waals surface area contributed by atoms with Gasteiger partial charge in [0.15, 0.2) is 0 Å². The molecule has 7 heteroatoms. The first-order chi connectivity index (χ1) is 14.6. The molecule has 156 valence electrons. The van der Waals surface area contributed by atoms with Crippen LogP contribution in [0, 0.1) is 5.92 Å². The lowest BCUT2D eigenvalue weighted by atomic mass is 9.98. The number of carbonyl (C=O) groups is 1. The van der Waals surface area contributed by atoms with Gasteiger partial charge in [0.2, 0.25) is 17.6 Å². The molecule has 0 bridgehead atoms. The molecule has 1 aliphatic heterocycles. The second kappa shape index (κ2) is 9.30. The number of rotatable bonds is 6. The monoisotopic (exact) mass is 424 g/mol. The van der Waals surface area contributed by atoms with Crippen LogP contribution < -0.4 is 10.2 Å². The molecule has 1 saturated heterocycles. The predicted octanol–water partition coefficient (Wildman–Crippen LogP) is 5.20. The summed E-state index contributed by atoms with van der Waals surface area (Å²) in [5, 5.41) is 7.52. The van der Waals surface area contributed by atoms with E-state index in [2.05, 4.69) is 39.4 Å². The average Bonchev–Trinajstić information content (AvgIpc) is 3.24. The molecular weight excluding hydrogens is 400 g/mol. The molecule has 0 radical (unpaired) electrons. The topological polar surface area (TPSA) is 71.3 Å². The second-order valence-corrected chi connectivity index (χ2v) is 8.22. The second-order valence-electron chi connectivity index (χ2n) is 7.78. The van der Waals surface area contributed by atoms with Crippen LogP contribution in [0.1, 0.15) is 32.1 Å². The molecule has 1 N–H and O–H groups in total. The van der Waals surface area contributed by atoms with Crippen molar-refractivity contribution in [1.29, 1.82) is 0 Å². The Hall–Kier alpha value is -2.86. The normalized spacial score (nSPS) is 14.7. The van der Waals surface area contributed by atoms with Crippen LogP contribution in [0.4, 0.5) is 11.4 Å². The van der Waals surface area contributed by atoms with Crippen LogP contribution in [0.15, 0.2) is 53.1 Å². The van der Waals surface area contributed by atoms with Gasteiger partial charge in [-0.15, -0.1) is 0 Å². The third-order valence-electron chi connectivity index (χ3n) is 5.44. The molecule has 1 aliphatic rings. The molecule has 3 aromatic rings. The first-order valence-electron chi connectivity index (χ1n) is 10.3. The van der Waals surface area contributed by atoms with Crippen molar-refractivity contribution in [3.8, 4) is 11.4 Å². The van der Waals surface area contributed by atoms with E-state index in [-0.39, 0.29) is 12.3 Å². The molecule has 6 nitrogen and oxygen atoms in total. The van der Waals surface area contributed by atoms with Gasteiger partial charge in [-0.2, -0.15) is 4.98 Å². The molecule has 2 aromatic carbocycles. The van der Waals surface area contributed by atoms with Crippen LogP contribution in [0.2, 0.25) is 5.02 Å². The van der Waals surface area contributed by atoms with E-state index in [4.69, 9.17) is 16.1 Å². The summed E-state index contributed by atoms with van der Waals surface area (Å²) in [6.07, 6.45) is 3.12. The molecule has 1 amide bonds. The molecule has 1 aromatic heterocycles. The Morgan fingerprint density at radius 3 is 2.53 bits per heavy atom. The molecule has 0 unspecified atom stereocenters. The van der Waals surface area contributed by atoms with Gasteiger partial charge in [-0.25, -0.2) is 0 Å². The first kappa shape index (κ1) is 20.4. The number of anilines is 2. The third kappa shape index (κ3) is 5.19. The number of halogens is 1. The van der Waals surface area contributed by atoms with E-state index in [1.165, 1.54) is 18.5 Å². The lowest BCUT2D eigenvalue weighted by molar-refractivity contribution is -0.116. The largest absolute Gasteiger partial charge is 0.372 e. The number of piperidine rings is 1. The fourth-order valence-electron chi connectivity index (χ4n) is 3.54. The molecule has 1 fully saturated rings. The summed E-state index contributed by atoms with van der Waals surface area (Å²) in [7, 11) is 0. The van der Waals surface area contributed by atoms with E-state index in [1.54, 1.807) is 24.3 Å². The molecule has 4 rings (SSSR count). The van der Waals surface area contributed by atoms with Gasteiger partial charge >= 0.3 is 0 Å². The maximum atomic E-state index is 12.1. The first-order valence-corrected chi connectivity index (χ1v) is 10.7. The zero-order valence-electron chi connectivity index (χ0n) is 17.0. The smallest absolute Gasteiger partial charge is 0.227 e. The molecular formula is C23H25ClN4O2. The number of hydrogen-bond acceptors (Lipinski definition) is 5. The van der Waals surface area contributed by atoms with Crippen LogP contribution >= 0.6 is 11.6 Å². The van der Waals surface area contributed by atoms with E-state index >= 15 is 0 Å². The van der Waals surface area contributed by atoms with E-state index in [0.29, 0.717) is 28.8 Å². The SMILES string of the molecule is CC1CCN(c2ccc(-c3noc(CCC(=O)Nc4ccc(Cl)cc4)n3)cc2)CC1. The number of carbonyl (C=O) groups excluding carboxylic acids is 1. The van der Waals surface area contributed by atoms with Crippen molar-refractivity contribution in [3.05, 3.63) is 59.4 Å². The van der Waals surface area contributed by atoms with E-state index in [1.807, 2.05) is 12.1 Å². The standard InChI is InChI=1S/C23H25ClN4O2/c1-16-12-14-28(15-13-16)20-8-2-17(3-9-20)23-26-22(30-27-23)11-10-21(29)25-19-6-4-18(24)5-7-19/h2-9,16H,10-15H2,1H3,(H,25,29). The Kier molecular flexibility index (Phi) is 6.33. The van der Waals surface area contributed by atoms with Crippen molar-refractivity contribution >= 4 is 28.9 Å². The minimum absolute atomic E-state index is 0.114. The lowest BCUT2D eigenvalue weighted by Gasteiger charge is -2.32. The van der Waals surface area contributed by atoms with Crippen LogP contribution in [-0.4, -0.2) is 29.1 Å². The summed E-state index contributed by atoms with van der Waals surface area (Å²) >= 11 is 5.85. The third-order valence-corrected chi connectivity index (χ3v) is 5.69. The van der Waals surface area contributed by atoms with Crippen LogP contribution in [0.25, 0.3) is 11.4 Å². The van der Waals surface area contributed by atoms with Gasteiger partial charge in [-0.05, 0) is 67.3 Å². The van der Waals surface area contributed by atoms with Gasteiger partial charge in [0, 0.05) is 47.9 Å².